The van der Waals surface area contributed by atoms with Crippen LogP contribution in [0.25, 0.3) is 0 Å². The monoisotopic (exact) mass is 257 g/mol. The second-order valence-electron chi connectivity index (χ2n) is 4.78. The fourth-order valence-corrected chi connectivity index (χ4v) is 2.62. The van der Waals surface area contributed by atoms with Gasteiger partial charge in [0.15, 0.2) is 11.5 Å². The summed E-state index contributed by atoms with van der Waals surface area (Å²) in [7, 11) is 0. The van der Waals surface area contributed by atoms with Gasteiger partial charge in [0.2, 0.25) is 0 Å². The van der Waals surface area contributed by atoms with E-state index in [-0.39, 0.29) is 23.2 Å². The highest BCUT2D eigenvalue weighted by Gasteiger charge is 2.23. The number of nitrogens with one attached hydrogen (secondary N) is 1. The zero-order chi connectivity index (χ0) is 13.4. The van der Waals surface area contributed by atoms with Crippen LogP contribution in [0.4, 0.5) is 0 Å². The molecule has 0 aliphatic carbocycles. The minimum atomic E-state index is -0.122. The summed E-state index contributed by atoms with van der Waals surface area (Å²) in [6, 6.07) is 10.3. The molecule has 98 valence electrons. The largest absolute Gasteiger partial charge is 0.508 e. The Bertz CT molecular complexity index is 625. The molecule has 4 N–H and O–H groups in total. The predicted molar refractivity (Wildman–Crippen MR) is 71.4 cm³/mol. The lowest BCUT2D eigenvalue weighted by Crippen LogP contribution is -2.28. The average Bonchev–Trinajstić information content (AvgIpc) is 2.42. The molecule has 0 saturated carbocycles. The number of aromatic hydroxyl groups is 3. The van der Waals surface area contributed by atoms with Crippen molar-refractivity contribution in [2.24, 2.45) is 0 Å². The lowest BCUT2D eigenvalue weighted by molar-refractivity contribution is 0.402. The summed E-state index contributed by atoms with van der Waals surface area (Å²) in [5.74, 6) is 0.105. The molecule has 4 nitrogen and oxygen atoms in total. The van der Waals surface area contributed by atoms with Crippen molar-refractivity contribution in [3.8, 4) is 17.2 Å². The zero-order valence-electron chi connectivity index (χ0n) is 10.3. The second-order valence-corrected chi connectivity index (χ2v) is 4.78. The van der Waals surface area contributed by atoms with Crippen LogP contribution in [0.3, 0.4) is 0 Å². The maximum atomic E-state index is 9.89. The van der Waals surface area contributed by atoms with Gasteiger partial charge in [0.25, 0.3) is 0 Å². The third-order valence-corrected chi connectivity index (χ3v) is 3.62. The first-order valence-corrected chi connectivity index (χ1v) is 6.20. The molecule has 0 fully saturated rings. The Balaban J connectivity index is 2.08. The molecule has 0 amide bonds. The third kappa shape index (κ3) is 2.00. The summed E-state index contributed by atoms with van der Waals surface area (Å²) in [4.78, 5) is 0. The van der Waals surface area contributed by atoms with Gasteiger partial charge in [-0.15, -0.1) is 0 Å². The molecule has 2 aromatic rings. The van der Waals surface area contributed by atoms with Crippen LogP contribution in [-0.2, 0) is 6.54 Å². The molecule has 3 rings (SSSR count). The van der Waals surface area contributed by atoms with Crippen LogP contribution in [0.2, 0.25) is 0 Å². The van der Waals surface area contributed by atoms with E-state index in [0.29, 0.717) is 6.54 Å². The first kappa shape index (κ1) is 11.9. The van der Waals surface area contributed by atoms with Crippen LogP contribution in [0, 0.1) is 0 Å². The Labute approximate surface area is 111 Å². The summed E-state index contributed by atoms with van der Waals surface area (Å²) in [6.07, 6.45) is 0. The van der Waals surface area contributed by atoms with Gasteiger partial charge in [-0.25, -0.2) is 0 Å². The SMILES string of the molecule is Oc1ccc(C2CNCc3c(O)cccc32)cc1O. The lowest BCUT2D eigenvalue weighted by Gasteiger charge is -2.27. The van der Waals surface area contributed by atoms with Gasteiger partial charge in [0.1, 0.15) is 5.75 Å². The normalized spacial score (nSPS) is 18.0. The minimum Gasteiger partial charge on any atom is -0.508 e. The second kappa shape index (κ2) is 4.48. The molecule has 0 radical (unpaired) electrons. The van der Waals surface area contributed by atoms with Crippen molar-refractivity contribution in [3.63, 3.8) is 0 Å². The molecule has 1 heterocycles. The summed E-state index contributed by atoms with van der Waals surface area (Å²) in [5.41, 5.74) is 2.87. The lowest BCUT2D eigenvalue weighted by atomic mass is 9.85. The topological polar surface area (TPSA) is 72.7 Å². The van der Waals surface area contributed by atoms with Gasteiger partial charge in [-0.1, -0.05) is 18.2 Å². The van der Waals surface area contributed by atoms with Gasteiger partial charge < -0.3 is 20.6 Å². The molecule has 1 aliphatic heterocycles. The fraction of sp³-hybridized carbons (Fsp3) is 0.200. The molecule has 0 spiro atoms. The Morgan fingerprint density at radius 3 is 2.58 bits per heavy atom. The van der Waals surface area contributed by atoms with E-state index in [1.807, 2.05) is 12.1 Å². The number of hydrogen-bond donors (Lipinski definition) is 4. The minimum absolute atomic E-state index is 0.0577. The van der Waals surface area contributed by atoms with E-state index in [2.05, 4.69) is 5.32 Å². The molecule has 0 bridgehead atoms. The van der Waals surface area contributed by atoms with Crippen LogP contribution < -0.4 is 5.32 Å². The maximum Gasteiger partial charge on any atom is 0.157 e. The summed E-state index contributed by atoms with van der Waals surface area (Å²) in [5, 5.41) is 32.1. The molecule has 2 aromatic carbocycles. The first-order valence-electron chi connectivity index (χ1n) is 6.20. The van der Waals surface area contributed by atoms with E-state index in [9.17, 15) is 15.3 Å². The first-order chi connectivity index (χ1) is 9.16. The van der Waals surface area contributed by atoms with E-state index >= 15 is 0 Å². The van der Waals surface area contributed by atoms with Crippen LogP contribution in [0.15, 0.2) is 36.4 Å². The van der Waals surface area contributed by atoms with Gasteiger partial charge in [-0.3, -0.25) is 0 Å². The van der Waals surface area contributed by atoms with Gasteiger partial charge in [-0.05, 0) is 29.3 Å². The fourth-order valence-electron chi connectivity index (χ4n) is 2.62. The number of benzene rings is 2. The van der Waals surface area contributed by atoms with E-state index in [0.717, 1.165) is 23.2 Å². The van der Waals surface area contributed by atoms with Gasteiger partial charge in [0, 0.05) is 24.6 Å². The molecule has 19 heavy (non-hydrogen) atoms. The van der Waals surface area contributed by atoms with E-state index < -0.39 is 0 Å². The standard InChI is InChI=1S/C15H15NO3/c17-13-3-1-2-10-11(7-16-8-12(10)13)9-4-5-14(18)15(19)6-9/h1-6,11,16-19H,7-8H2. The van der Waals surface area contributed by atoms with Gasteiger partial charge in [-0.2, -0.15) is 0 Å². The Kier molecular flexibility index (Phi) is 2.80. The van der Waals surface area contributed by atoms with E-state index in [4.69, 9.17) is 0 Å². The van der Waals surface area contributed by atoms with Crippen molar-refractivity contribution in [3.05, 3.63) is 53.1 Å². The predicted octanol–water partition coefficient (Wildman–Crippen LogP) is 2.04. The van der Waals surface area contributed by atoms with Crippen molar-refractivity contribution >= 4 is 0 Å². The van der Waals surface area contributed by atoms with Crippen LogP contribution in [-0.4, -0.2) is 21.9 Å². The van der Waals surface area contributed by atoms with Crippen LogP contribution in [0.5, 0.6) is 17.2 Å². The number of phenolic OH excluding ortho intramolecular Hbond substituents is 3. The van der Waals surface area contributed by atoms with Crippen LogP contribution in [0.1, 0.15) is 22.6 Å². The van der Waals surface area contributed by atoms with Crippen LogP contribution >= 0.6 is 0 Å². The number of fused-ring (bicyclic) bond motifs is 1. The molecule has 1 unspecified atom stereocenters. The smallest absolute Gasteiger partial charge is 0.157 e. The molecule has 0 saturated heterocycles. The van der Waals surface area contributed by atoms with Crippen molar-refractivity contribution in [1.29, 1.82) is 0 Å². The molecule has 1 aliphatic rings. The summed E-state index contributed by atoms with van der Waals surface area (Å²) >= 11 is 0. The molecule has 1 atom stereocenters. The van der Waals surface area contributed by atoms with Crippen molar-refractivity contribution in [2.75, 3.05) is 6.54 Å². The quantitative estimate of drug-likeness (QED) is 0.590. The summed E-state index contributed by atoms with van der Waals surface area (Å²) < 4.78 is 0. The van der Waals surface area contributed by atoms with E-state index in [1.165, 1.54) is 6.07 Å². The highest BCUT2D eigenvalue weighted by Crippen LogP contribution is 2.36. The van der Waals surface area contributed by atoms with Crippen molar-refractivity contribution < 1.29 is 15.3 Å². The third-order valence-electron chi connectivity index (χ3n) is 3.62. The van der Waals surface area contributed by atoms with Gasteiger partial charge in [0.05, 0.1) is 0 Å². The molecule has 4 heteroatoms. The Morgan fingerprint density at radius 2 is 1.79 bits per heavy atom. The average molecular weight is 257 g/mol. The number of hydrogen-bond acceptors (Lipinski definition) is 4. The molecular weight excluding hydrogens is 242 g/mol. The highest BCUT2D eigenvalue weighted by atomic mass is 16.3. The van der Waals surface area contributed by atoms with Gasteiger partial charge >= 0.3 is 0 Å². The number of rotatable bonds is 1. The zero-order valence-corrected chi connectivity index (χ0v) is 10.3. The number of phenols is 3. The maximum absolute atomic E-state index is 9.89. The summed E-state index contributed by atoms with van der Waals surface area (Å²) in [6.45, 7) is 1.38. The van der Waals surface area contributed by atoms with Crippen molar-refractivity contribution in [2.45, 2.75) is 12.5 Å². The van der Waals surface area contributed by atoms with E-state index in [1.54, 1.807) is 18.2 Å². The van der Waals surface area contributed by atoms with Crippen molar-refractivity contribution in [1.82, 2.24) is 5.32 Å². The highest BCUT2D eigenvalue weighted by molar-refractivity contribution is 5.49. The molecular formula is C15H15NO3. The Hall–Kier alpha value is -2.20. The molecule has 0 aromatic heterocycles. The Morgan fingerprint density at radius 1 is 0.947 bits per heavy atom.